The third-order valence-electron chi connectivity index (χ3n) is 9.83. The molecular weight excluding hydrogens is 440 g/mol. The minimum absolute atomic E-state index is 0.0962. The highest BCUT2D eigenvalue weighted by Gasteiger charge is 2.87. The van der Waals surface area contributed by atoms with E-state index in [0.717, 1.165) is 37.9 Å². The number of piperidine rings is 1. The normalized spacial score (nSPS) is 39.2. The van der Waals surface area contributed by atoms with Crippen molar-refractivity contribution in [2.45, 2.75) is 61.1 Å². The summed E-state index contributed by atoms with van der Waals surface area (Å²) in [6.07, 6.45) is 3.60. The molecule has 7 rings (SSSR count). The van der Waals surface area contributed by atoms with Crippen LogP contribution in [0.25, 0.3) is 0 Å². The highest BCUT2D eigenvalue weighted by Crippen LogP contribution is 2.78. The number of carbonyl (C=O) groups is 2. The quantitative estimate of drug-likeness (QED) is 0.669. The zero-order chi connectivity index (χ0) is 24.1. The van der Waals surface area contributed by atoms with Gasteiger partial charge in [0.15, 0.2) is 17.1 Å². The van der Waals surface area contributed by atoms with E-state index in [2.05, 4.69) is 4.90 Å². The summed E-state index contributed by atoms with van der Waals surface area (Å²) in [6.45, 7) is 1.82. The molecule has 0 aromatic heterocycles. The van der Waals surface area contributed by atoms with Crippen molar-refractivity contribution in [2.24, 2.45) is 5.41 Å². The maximum absolute atomic E-state index is 13.6. The van der Waals surface area contributed by atoms with E-state index in [1.165, 1.54) is 26.2 Å². The van der Waals surface area contributed by atoms with Crippen molar-refractivity contribution in [1.82, 2.24) is 4.90 Å². The number of benzene rings is 1. The highest BCUT2D eigenvalue weighted by molar-refractivity contribution is 6.01. The molecule has 2 bridgehead atoms. The van der Waals surface area contributed by atoms with E-state index in [-0.39, 0.29) is 17.9 Å². The molecule has 3 heterocycles. The van der Waals surface area contributed by atoms with Gasteiger partial charge in [-0.05, 0) is 68.7 Å². The number of hydrogen-bond donors (Lipinski definition) is 1. The van der Waals surface area contributed by atoms with Crippen LogP contribution in [-0.4, -0.2) is 80.8 Å². The Morgan fingerprint density at radius 3 is 2.47 bits per heavy atom. The molecule has 1 aromatic carbocycles. The molecule has 2 saturated heterocycles. The van der Waals surface area contributed by atoms with E-state index in [9.17, 15) is 14.7 Å². The standard InChI is InChI=1S/C25H32N2O7/c1-31-16-7-6-15-17(18(16)32-2)27(21(29)34-4)25-10-9-22(14-24(25,30)20(28)33-3)8-5-12-26-13-11-23(15,25)19(22)26/h6-7,19,30H,5,8-14H2,1-4H3/t19-,22+,23+,24?,25-/m0/s1. The van der Waals surface area contributed by atoms with Crippen molar-refractivity contribution in [3.05, 3.63) is 17.7 Å². The summed E-state index contributed by atoms with van der Waals surface area (Å²) in [7, 11) is 5.72. The smallest absolute Gasteiger partial charge is 0.414 e. The average molecular weight is 473 g/mol. The first-order chi connectivity index (χ1) is 16.3. The number of fused-ring (bicyclic) bond motifs is 3. The molecule has 34 heavy (non-hydrogen) atoms. The molecule has 3 aliphatic heterocycles. The van der Waals surface area contributed by atoms with Gasteiger partial charge < -0.3 is 24.1 Å². The fourth-order valence-electron chi connectivity index (χ4n) is 9.10. The topological polar surface area (TPSA) is 97.8 Å². The van der Waals surface area contributed by atoms with Gasteiger partial charge in [0.25, 0.3) is 0 Å². The molecular formula is C25H32N2O7. The molecule has 3 spiro atoms. The Morgan fingerprint density at radius 1 is 1.00 bits per heavy atom. The minimum Gasteiger partial charge on any atom is -0.493 e. The first-order valence-electron chi connectivity index (χ1n) is 12.0. The number of methoxy groups -OCH3 is 4. The van der Waals surface area contributed by atoms with Crippen molar-refractivity contribution >= 4 is 17.7 Å². The number of carbonyl (C=O) groups excluding carboxylic acids is 2. The molecule has 5 atom stereocenters. The van der Waals surface area contributed by atoms with Gasteiger partial charge in [0.2, 0.25) is 0 Å². The molecule has 5 fully saturated rings. The van der Waals surface area contributed by atoms with E-state index in [4.69, 9.17) is 18.9 Å². The van der Waals surface area contributed by atoms with Crippen LogP contribution in [-0.2, 0) is 19.7 Å². The van der Waals surface area contributed by atoms with Crippen molar-refractivity contribution in [1.29, 1.82) is 0 Å². The maximum Gasteiger partial charge on any atom is 0.414 e. The Kier molecular flexibility index (Phi) is 4.39. The maximum atomic E-state index is 13.6. The fourth-order valence-corrected chi connectivity index (χ4v) is 9.10. The van der Waals surface area contributed by atoms with E-state index >= 15 is 0 Å². The predicted molar refractivity (Wildman–Crippen MR) is 121 cm³/mol. The number of hydrogen-bond acceptors (Lipinski definition) is 8. The van der Waals surface area contributed by atoms with Crippen LogP contribution in [0.4, 0.5) is 10.5 Å². The van der Waals surface area contributed by atoms with Crippen LogP contribution < -0.4 is 14.4 Å². The highest BCUT2D eigenvalue weighted by atomic mass is 16.6. The van der Waals surface area contributed by atoms with Crippen LogP contribution in [0.2, 0.25) is 0 Å². The van der Waals surface area contributed by atoms with Crippen molar-refractivity contribution < 1.29 is 33.6 Å². The summed E-state index contributed by atoms with van der Waals surface area (Å²) in [5.74, 6) is 0.189. The molecule has 9 nitrogen and oxygen atoms in total. The van der Waals surface area contributed by atoms with Gasteiger partial charge in [0.05, 0.1) is 34.1 Å². The Morgan fingerprint density at radius 2 is 1.79 bits per heavy atom. The lowest BCUT2D eigenvalue weighted by atomic mass is 9.37. The lowest BCUT2D eigenvalue weighted by Crippen LogP contribution is -2.86. The lowest BCUT2D eigenvalue weighted by Gasteiger charge is -2.71. The number of ether oxygens (including phenoxy) is 4. The molecule has 3 saturated carbocycles. The average Bonchev–Trinajstić information content (AvgIpc) is 3.38. The van der Waals surface area contributed by atoms with Crippen LogP contribution in [0.3, 0.4) is 0 Å². The molecule has 0 radical (unpaired) electrons. The van der Waals surface area contributed by atoms with Gasteiger partial charge in [-0.1, -0.05) is 6.07 Å². The molecule has 184 valence electrons. The largest absolute Gasteiger partial charge is 0.493 e. The third kappa shape index (κ3) is 2.03. The minimum atomic E-state index is -1.89. The zero-order valence-corrected chi connectivity index (χ0v) is 20.2. The van der Waals surface area contributed by atoms with Gasteiger partial charge in [0, 0.05) is 11.5 Å². The Hall–Kier alpha value is -2.52. The summed E-state index contributed by atoms with van der Waals surface area (Å²) in [4.78, 5) is 31.2. The number of nitrogens with zero attached hydrogens (tertiary/aromatic N) is 2. The second kappa shape index (κ2) is 6.79. The Labute approximate surface area is 198 Å². The summed E-state index contributed by atoms with van der Waals surface area (Å²) in [5.41, 5.74) is -2.63. The fraction of sp³-hybridized carbons (Fsp3) is 0.680. The van der Waals surface area contributed by atoms with E-state index in [0.29, 0.717) is 30.0 Å². The van der Waals surface area contributed by atoms with Crippen LogP contribution in [0, 0.1) is 5.41 Å². The first-order valence-corrected chi connectivity index (χ1v) is 12.0. The molecule has 1 unspecified atom stereocenters. The second-order valence-corrected chi connectivity index (χ2v) is 10.5. The molecule has 3 aliphatic carbocycles. The van der Waals surface area contributed by atoms with E-state index < -0.39 is 28.6 Å². The van der Waals surface area contributed by atoms with Gasteiger partial charge in [-0.3, -0.25) is 9.80 Å². The molecule has 1 amide bonds. The van der Waals surface area contributed by atoms with Crippen molar-refractivity contribution in [3.8, 4) is 11.5 Å². The molecule has 1 N–H and O–H groups in total. The lowest BCUT2D eigenvalue weighted by molar-refractivity contribution is -0.227. The molecule has 6 aliphatic rings. The van der Waals surface area contributed by atoms with Gasteiger partial charge >= 0.3 is 12.1 Å². The van der Waals surface area contributed by atoms with Crippen molar-refractivity contribution in [2.75, 3.05) is 46.4 Å². The summed E-state index contributed by atoms with van der Waals surface area (Å²) in [6, 6.07) is 3.95. The van der Waals surface area contributed by atoms with E-state index in [1.54, 1.807) is 7.11 Å². The monoisotopic (exact) mass is 472 g/mol. The van der Waals surface area contributed by atoms with Crippen LogP contribution >= 0.6 is 0 Å². The van der Waals surface area contributed by atoms with Crippen LogP contribution in [0.5, 0.6) is 11.5 Å². The first kappa shape index (κ1) is 22.0. The number of rotatable bonds is 3. The van der Waals surface area contributed by atoms with Crippen LogP contribution in [0.1, 0.15) is 44.1 Å². The van der Waals surface area contributed by atoms with Crippen LogP contribution in [0.15, 0.2) is 12.1 Å². The molecule has 9 heteroatoms. The Bertz CT molecular complexity index is 1090. The third-order valence-corrected chi connectivity index (χ3v) is 9.83. The Balaban J connectivity index is 1.76. The summed E-state index contributed by atoms with van der Waals surface area (Å²) >= 11 is 0. The van der Waals surface area contributed by atoms with E-state index in [1.807, 2.05) is 12.1 Å². The number of aliphatic hydroxyl groups is 1. The van der Waals surface area contributed by atoms with Gasteiger partial charge in [-0.2, -0.15) is 0 Å². The van der Waals surface area contributed by atoms with Crippen molar-refractivity contribution in [3.63, 3.8) is 0 Å². The van der Waals surface area contributed by atoms with Gasteiger partial charge in [-0.25, -0.2) is 9.59 Å². The number of anilines is 1. The van der Waals surface area contributed by atoms with Gasteiger partial charge in [0.1, 0.15) is 5.54 Å². The number of amides is 1. The zero-order valence-electron chi connectivity index (χ0n) is 20.2. The predicted octanol–water partition coefficient (Wildman–Crippen LogP) is 2.22. The SMILES string of the molecule is COC(=O)N1c2c(ccc(OC)c2OC)[C@@]23CCN4CCC[C@]5(CC[C@]12C(O)(C(=O)OC)C5)[C@H]43. The summed E-state index contributed by atoms with van der Waals surface area (Å²) in [5, 5.41) is 12.5. The molecule has 1 aromatic rings. The number of esters is 1. The summed E-state index contributed by atoms with van der Waals surface area (Å²) < 4.78 is 22.0. The second-order valence-electron chi connectivity index (χ2n) is 10.5. The van der Waals surface area contributed by atoms with Gasteiger partial charge in [-0.15, -0.1) is 0 Å².